The first-order chi connectivity index (χ1) is 22.2. The molecule has 5 rings (SSSR count). The third kappa shape index (κ3) is 7.30. The van der Waals surface area contributed by atoms with Gasteiger partial charge in [-0.15, -0.1) is 0 Å². The van der Waals surface area contributed by atoms with Crippen LogP contribution in [0.4, 0.5) is 5.69 Å². The minimum Gasteiger partial charge on any atom is -0.478 e. The van der Waals surface area contributed by atoms with E-state index in [4.69, 9.17) is 42.8 Å². The Hall–Kier alpha value is -4.13. The van der Waals surface area contributed by atoms with Crippen LogP contribution in [-0.2, 0) is 16.0 Å². The Kier molecular flexibility index (Phi) is 10.8. The molecule has 1 atom stereocenters. The highest BCUT2D eigenvalue weighted by Gasteiger charge is 2.29. The molecule has 0 bridgehead atoms. The van der Waals surface area contributed by atoms with E-state index in [9.17, 15) is 19.8 Å². The lowest BCUT2D eigenvalue weighted by Gasteiger charge is -2.32. The Morgan fingerprint density at radius 3 is 2.54 bits per heavy atom. The van der Waals surface area contributed by atoms with E-state index in [2.05, 4.69) is 5.32 Å². The fraction of sp³-hybridized carbons (Fsp3) is 0.303. The number of morpholine rings is 1. The second-order valence-corrected chi connectivity index (χ2v) is 11.6. The number of rotatable bonds is 11. The third-order valence-corrected chi connectivity index (χ3v) is 8.31. The summed E-state index contributed by atoms with van der Waals surface area (Å²) in [7, 11) is 1.49. The minimum absolute atomic E-state index is 0.0554. The molecule has 0 aliphatic carbocycles. The number of benzene rings is 3. The van der Waals surface area contributed by atoms with Crippen LogP contribution in [0.1, 0.15) is 31.8 Å². The van der Waals surface area contributed by atoms with E-state index >= 15 is 0 Å². The van der Waals surface area contributed by atoms with Crippen molar-refractivity contribution in [1.82, 2.24) is 10.2 Å². The first kappa shape index (κ1) is 33.2. The first-order valence-corrected chi connectivity index (χ1v) is 15.3. The number of fused-ring (bicyclic) bond motifs is 1. The molecule has 4 N–H and O–H groups in total. The highest BCUT2D eigenvalue weighted by molar-refractivity contribution is 6.40. The van der Waals surface area contributed by atoms with Crippen molar-refractivity contribution in [2.75, 3.05) is 58.2 Å². The van der Waals surface area contributed by atoms with Gasteiger partial charge in [-0.1, -0.05) is 47.5 Å². The van der Waals surface area contributed by atoms with Crippen molar-refractivity contribution < 1.29 is 34.0 Å². The number of anilines is 1. The number of amides is 1. The van der Waals surface area contributed by atoms with Gasteiger partial charge in [0.2, 0.25) is 0 Å². The summed E-state index contributed by atoms with van der Waals surface area (Å²) in [5.41, 5.74) is 4.26. The second-order valence-electron chi connectivity index (χ2n) is 10.8. The second kappa shape index (κ2) is 15.0. The van der Waals surface area contributed by atoms with Gasteiger partial charge in [-0.2, -0.15) is 0 Å². The lowest BCUT2D eigenvalue weighted by atomic mass is 9.97. The minimum atomic E-state index is -1.00. The number of carboxylic acids is 1. The zero-order valence-corrected chi connectivity index (χ0v) is 26.6. The van der Waals surface area contributed by atoms with Crippen LogP contribution in [0.2, 0.25) is 10.0 Å². The molecule has 3 aromatic carbocycles. The maximum absolute atomic E-state index is 13.7. The van der Waals surface area contributed by atoms with E-state index < -0.39 is 18.0 Å². The van der Waals surface area contributed by atoms with Crippen molar-refractivity contribution in [2.24, 2.45) is 0 Å². The molecule has 242 valence electrons. The molecule has 2 aliphatic rings. The molecule has 2 heterocycles. The Labute approximate surface area is 276 Å². The van der Waals surface area contributed by atoms with Crippen molar-refractivity contribution in [3.63, 3.8) is 0 Å². The summed E-state index contributed by atoms with van der Waals surface area (Å²) in [4.78, 5) is 29.2. The monoisotopic (exact) mass is 668 g/mol. The Morgan fingerprint density at radius 2 is 1.87 bits per heavy atom. The van der Waals surface area contributed by atoms with E-state index in [0.717, 1.165) is 22.9 Å². The van der Waals surface area contributed by atoms with Crippen LogP contribution in [-0.4, -0.2) is 92.6 Å². The number of nitrogens with zero attached hydrogens (tertiary/aromatic N) is 2. The number of ether oxygens (including phenoxy) is 3. The molecular formula is C33H34Cl2N4O7. The normalized spacial score (nSPS) is 15.5. The Morgan fingerprint density at radius 1 is 1.13 bits per heavy atom. The van der Waals surface area contributed by atoms with Crippen LogP contribution in [0.25, 0.3) is 16.7 Å². The van der Waals surface area contributed by atoms with Gasteiger partial charge in [-0.3, -0.25) is 4.79 Å². The van der Waals surface area contributed by atoms with E-state index in [1.807, 2.05) is 29.2 Å². The summed E-state index contributed by atoms with van der Waals surface area (Å²) >= 11 is 13.2. The summed E-state index contributed by atoms with van der Waals surface area (Å²) in [6.45, 7) is 2.77. The standard InChI is InChI=1S/C33H34Cl2N4O7/c1-44-18-24(40)16-37-15-23(14-36)22-11-27(34)30(28(35)12-22)32(41)39-17-21-3-2-4-25(31(21)46-19-39)20-5-6-26(33(42)43)29(13-20)38-7-9-45-10-8-38/h2-6,11-15,24,36-37,40H,7-10,16-19H2,1H3,(H,42,43)/b23-15+,36-14?. The van der Waals surface area contributed by atoms with Crippen molar-refractivity contribution >= 4 is 52.6 Å². The quantitative estimate of drug-likeness (QED) is 0.212. The molecule has 0 radical (unpaired) electrons. The van der Waals surface area contributed by atoms with Crippen molar-refractivity contribution in [3.8, 4) is 16.9 Å². The van der Waals surface area contributed by atoms with Gasteiger partial charge >= 0.3 is 5.97 Å². The van der Waals surface area contributed by atoms with Crippen LogP contribution < -0.4 is 15.0 Å². The topological polar surface area (TPSA) is 145 Å². The number of aliphatic hydroxyl groups excluding tert-OH is 1. The molecule has 0 spiro atoms. The largest absolute Gasteiger partial charge is 0.478 e. The third-order valence-electron chi connectivity index (χ3n) is 7.72. The van der Waals surface area contributed by atoms with Crippen molar-refractivity contribution in [1.29, 1.82) is 5.41 Å². The maximum atomic E-state index is 13.7. The van der Waals surface area contributed by atoms with Crippen LogP contribution in [0.3, 0.4) is 0 Å². The Bertz CT molecular complexity index is 1640. The summed E-state index contributed by atoms with van der Waals surface area (Å²) in [5.74, 6) is -0.809. The molecule has 1 amide bonds. The average molecular weight is 670 g/mol. The van der Waals surface area contributed by atoms with Crippen LogP contribution in [0.15, 0.2) is 54.7 Å². The molecule has 1 unspecified atom stereocenters. The van der Waals surface area contributed by atoms with Gasteiger partial charge in [-0.05, 0) is 35.4 Å². The average Bonchev–Trinajstić information content (AvgIpc) is 3.06. The maximum Gasteiger partial charge on any atom is 0.337 e. The molecule has 1 saturated heterocycles. The lowest BCUT2D eigenvalue weighted by molar-refractivity contribution is 0.0516. The number of carbonyl (C=O) groups is 2. The van der Waals surface area contributed by atoms with Crippen LogP contribution in [0.5, 0.6) is 5.75 Å². The van der Waals surface area contributed by atoms with Gasteiger partial charge in [0.1, 0.15) is 5.75 Å². The highest BCUT2D eigenvalue weighted by atomic mass is 35.5. The van der Waals surface area contributed by atoms with E-state index in [1.165, 1.54) is 12.0 Å². The SMILES string of the molecule is COCC(O)CN/C=C(\C=N)c1cc(Cl)c(C(=O)N2COc3c(cccc3-c3ccc(C(=O)O)c(N4CCOCC4)c3)C2)c(Cl)c1. The van der Waals surface area contributed by atoms with Crippen molar-refractivity contribution in [2.45, 2.75) is 12.6 Å². The molecule has 13 heteroatoms. The van der Waals surface area contributed by atoms with Gasteiger partial charge in [-0.25, -0.2) is 4.79 Å². The number of nitrogens with one attached hydrogen (secondary N) is 2. The number of aromatic carboxylic acids is 1. The van der Waals surface area contributed by atoms with Gasteiger partial charge in [0.25, 0.3) is 5.91 Å². The number of methoxy groups -OCH3 is 1. The van der Waals surface area contributed by atoms with E-state index in [0.29, 0.717) is 48.9 Å². The van der Waals surface area contributed by atoms with Gasteiger partial charge in [0.15, 0.2) is 6.73 Å². The fourth-order valence-electron chi connectivity index (χ4n) is 5.44. The van der Waals surface area contributed by atoms with E-state index in [-0.39, 0.29) is 47.6 Å². The summed E-state index contributed by atoms with van der Waals surface area (Å²) in [6, 6.07) is 14.0. The number of hydrogen-bond acceptors (Lipinski definition) is 9. The molecule has 1 fully saturated rings. The zero-order valence-electron chi connectivity index (χ0n) is 25.1. The number of carbonyl (C=O) groups excluding carboxylic acids is 1. The summed E-state index contributed by atoms with van der Waals surface area (Å²) in [5, 5.41) is 30.7. The van der Waals surface area contributed by atoms with Gasteiger partial charge in [0.05, 0.1) is 59.3 Å². The Balaban J connectivity index is 1.37. The summed E-state index contributed by atoms with van der Waals surface area (Å²) < 4.78 is 16.5. The molecule has 0 aromatic heterocycles. The molecule has 3 aromatic rings. The zero-order chi connectivity index (χ0) is 32.8. The molecule has 0 saturated carbocycles. The molecular weight excluding hydrogens is 635 g/mol. The number of hydrogen-bond donors (Lipinski definition) is 4. The molecule has 46 heavy (non-hydrogen) atoms. The van der Waals surface area contributed by atoms with E-state index in [1.54, 1.807) is 30.5 Å². The highest BCUT2D eigenvalue weighted by Crippen LogP contribution is 2.39. The molecule has 2 aliphatic heterocycles. The lowest BCUT2D eigenvalue weighted by Crippen LogP contribution is -2.37. The van der Waals surface area contributed by atoms with Gasteiger partial charge in [0, 0.05) is 55.9 Å². The first-order valence-electron chi connectivity index (χ1n) is 14.6. The number of carboxylic acid groups (broad SMARTS) is 1. The van der Waals surface area contributed by atoms with Crippen LogP contribution in [0, 0.1) is 5.41 Å². The number of allylic oxidation sites excluding steroid dienone is 1. The van der Waals surface area contributed by atoms with Crippen LogP contribution >= 0.6 is 23.2 Å². The van der Waals surface area contributed by atoms with Gasteiger partial charge < -0.3 is 44.9 Å². The molecule has 11 nitrogen and oxygen atoms in total. The predicted octanol–water partition coefficient (Wildman–Crippen LogP) is 4.77. The number of para-hydroxylation sites is 1. The number of aliphatic hydroxyl groups is 1. The summed E-state index contributed by atoms with van der Waals surface area (Å²) in [6.07, 6.45) is 1.95. The number of halogens is 2. The fourth-order valence-corrected chi connectivity index (χ4v) is 6.09. The smallest absolute Gasteiger partial charge is 0.337 e. The van der Waals surface area contributed by atoms with Crippen molar-refractivity contribution in [3.05, 3.63) is 87.0 Å². The predicted molar refractivity (Wildman–Crippen MR) is 176 cm³/mol.